The van der Waals surface area contributed by atoms with E-state index < -0.39 is 24.2 Å². The van der Waals surface area contributed by atoms with Crippen LogP contribution in [-0.2, 0) is 27.5 Å². The quantitative estimate of drug-likeness (QED) is 0.265. The molecule has 1 heterocycles. The summed E-state index contributed by atoms with van der Waals surface area (Å²) in [6.07, 6.45) is 0.0639. The van der Waals surface area contributed by atoms with Crippen molar-refractivity contribution in [2.24, 2.45) is 5.92 Å². The Kier molecular flexibility index (Phi) is 11.0. The van der Waals surface area contributed by atoms with E-state index in [1.807, 2.05) is 31.2 Å². The largest absolute Gasteiger partial charge is 0.493 e. The smallest absolute Gasteiger partial charge is 0.247 e. The van der Waals surface area contributed by atoms with Crippen LogP contribution in [0.15, 0.2) is 48.0 Å². The molecule has 0 spiro atoms. The Hall–Kier alpha value is -2.71. The molecule has 4 N–H and O–H groups in total. The molecule has 0 radical (unpaired) electrons. The van der Waals surface area contributed by atoms with Gasteiger partial charge in [-0.2, -0.15) is 0 Å². The Morgan fingerprint density at radius 2 is 1.93 bits per heavy atom. The van der Waals surface area contributed by atoms with Crippen molar-refractivity contribution in [1.29, 1.82) is 0 Å². The van der Waals surface area contributed by atoms with Gasteiger partial charge in [0.25, 0.3) is 0 Å². The molecule has 0 saturated carbocycles. The van der Waals surface area contributed by atoms with Crippen molar-refractivity contribution in [1.82, 2.24) is 10.2 Å². The maximum atomic E-state index is 13.9. The highest BCUT2D eigenvalue weighted by Crippen LogP contribution is 2.37. The lowest BCUT2D eigenvalue weighted by atomic mass is 9.87. The molecule has 0 bridgehead atoms. The van der Waals surface area contributed by atoms with Crippen molar-refractivity contribution in [3.63, 3.8) is 0 Å². The number of nitrogens with zero attached hydrogens (tertiary/aromatic N) is 1. The van der Waals surface area contributed by atoms with E-state index in [0.717, 1.165) is 11.1 Å². The van der Waals surface area contributed by atoms with E-state index >= 15 is 0 Å². The number of hydrogen-bond donors (Lipinski definition) is 4. The van der Waals surface area contributed by atoms with Gasteiger partial charge in [0.15, 0.2) is 11.5 Å². The lowest BCUT2D eigenvalue weighted by Gasteiger charge is -2.41. The normalized spacial score (nSPS) is 22.1. The van der Waals surface area contributed by atoms with Crippen LogP contribution in [-0.4, -0.2) is 83.8 Å². The van der Waals surface area contributed by atoms with Crippen molar-refractivity contribution in [3.8, 4) is 11.5 Å². The minimum atomic E-state index is -1.18. The second-order valence-corrected chi connectivity index (χ2v) is 11.5. The summed E-state index contributed by atoms with van der Waals surface area (Å²) in [6.45, 7) is 2.67. The summed E-state index contributed by atoms with van der Waals surface area (Å²) in [5.74, 6) is -0.194. The van der Waals surface area contributed by atoms with Crippen LogP contribution in [0.2, 0.25) is 0 Å². The molecule has 1 aliphatic heterocycles. The number of benzene rings is 2. The molecule has 4 unspecified atom stereocenters. The van der Waals surface area contributed by atoms with Gasteiger partial charge >= 0.3 is 0 Å². The van der Waals surface area contributed by atoms with E-state index in [1.54, 1.807) is 23.1 Å². The third-order valence-corrected chi connectivity index (χ3v) is 8.18. The number of aliphatic hydroxyl groups is 3. The van der Waals surface area contributed by atoms with E-state index in [-0.39, 0.29) is 44.5 Å². The van der Waals surface area contributed by atoms with Gasteiger partial charge in [0, 0.05) is 31.7 Å². The molecule has 41 heavy (non-hydrogen) atoms. The summed E-state index contributed by atoms with van der Waals surface area (Å²) in [5, 5.41) is 33.3. The van der Waals surface area contributed by atoms with E-state index in [1.165, 1.54) is 7.11 Å². The summed E-state index contributed by atoms with van der Waals surface area (Å²) in [7, 11) is 1.48. The van der Waals surface area contributed by atoms with Gasteiger partial charge in [0.05, 0.1) is 42.5 Å². The van der Waals surface area contributed by atoms with Gasteiger partial charge in [-0.1, -0.05) is 29.8 Å². The molecule has 1 fully saturated rings. The first-order chi connectivity index (χ1) is 19.7. The topological polar surface area (TPSA) is 138 Å². The first-order valence-electron chi connectivity index (χ1n) is 13.6. The number of carbonyl (C=O) groups is 2. The van der Waals surface area contributed by atoms with Gasteiger partial charge in [0.2, 0.25) is 11.8 Å². The minimum absolute atomic E-state index is 0.0642. The zero-order chi connectivity index (χ0) is 29.5. The summed E-state index contributed by atoms with van der Waals surface area (Å²) >= 11 is 2.07. The van der Waals surface area contributed by atoms with Crippen LogP contribution < -0.4 is 14.8 Å². The fourth-order valence-corrected chi connectivity index (χ4v) is 5.90. The zero-order valence-corrected chi connectivity index (χ0v) is 25.4. The van der Waals surface area contributed by atoms with Crippen LogP contribution in [0.4, 0.5) is 0 Å². The molecular weight excluding hydrogens is 643 g/mol. The maximum Gasteiger partial charge on any atom is 0.247 e. The van der Waals surface area contributed by atoms with E-state index in [9.17, 15) is 24.9 Å². The predicted octanol–water partition coefficient (Wildman–Crippen LogP) is 2.08. The minimum Gasteiger partial charge on any atom is -0.493 e. The summed E-state index contributed by atoms with van der Waals surface area (Å²) in [6, 6.07) is 10.5. The number of amides is 2. The highest BCUT2D eigenvalue weighted by atomic mass is 127. The van der Waals surface area contributed by atoms with Crippen molar-refractivity contribution in [2.45, 2.75) is 51.2 Å². The predicted molar refractivity (Wildman–Crippen MR) is 159 cm³/mol. The molecule has 2 aliphatic rings. The van der Waals surface area contributed by atoms with Gasteiger partial charge in [-0.15, -0.1) is 0 Å². The molecule has 2 aromatic carbocycles. The lowest BCUT2D eigenvalue weighted by molar-refractivity contribution is -0.143. The number of nitrogens with one attached hydrogen (secondary N) is 1. The molecule has 11 heteroatoms. The van der Waals surface area contributed by atoms with Crippen molar-refractivity contribution in [3.05, 3.63) is 68.3 Å². The summed E-state index contributed by atoms with van der Waals surface area (Å²) in [5.41, 5.74) is 2.95. The van der Waals surface area contributed by atoms with Gasteiger partial charge in [-0.05, 0) is 65.3 Å². The molecule has 2 aromatic rings. The Labute approximate surface area is 253 Å². The Bertz CT molecular complexity index is 1250. The highest BCUT2D eigenvalue weighted by Gasteiger charge is 2.42. The number of methoxy groups -OCH3 is 1. The van der Waals surface area contributed by atoms with Crippen molar-refractivity contribution in [2.75, 3.05) is 33.5 Å². The molecule has 10 nitrogen and oxygen atoms in total. The van der Waals surface area contributed by atoms with Gasteiger partial charge in [-0.3, -0.25) is 9.59 Å². The van der Waals surface area contributed by atoms with E-state index in [2.05, 4.69) is 27.9 Å². The zero-order valence-electron chi connectivity index (χ0n) is 23.2. The number of halogens is 1. The SMILES string of the molecule is COc1cc(CO)cc(I)c1OC1C=C(C(=O)NCCO)CC(N(Cc2ccc(C)cc2)C(=O)C2CCOC2)C1O. The first kappa shape index (κ1) is 31.2. The van der Waals surface area contributed by atoms with Crippen LogP contribution in [0.3, 0.4) is 0 Å². The standard InChI is InChI=1S/C30H37IN2O8/c1-18-3-5-19(6-4-18)15-33(30(38)21-7-10-40-17-21)24-13-22(29(37)32-8-9-34)14-25(27(24)36)41-28-23(31)11-20(16-35)12-26(28)39-2/h3-6,11-12,14,21,24-25,27,34-36H,7-10,13,15-17H2,1-2H3,(H,32,37). The number of rotatable bonds is 11. The third-order valence-electron chi connectivity index (χ3n) is 7.38. The molecule has 4 atom stereocenters. The Balaban J connectivity index is 1.72. The van der Waals surface area contributed by atoms with E-state index in [0.29, 0.717) is 45.8 Å². The van der Waals surface area contributed by atoms with Crippen molar-refractivity contribution >= 4 is 34.4 Å². The monoisotopic (exact) mass is 680 g/mol. The number of hydrogen-bond acceptors (Lipinski definition) is 8. The molecule has 1 aliphatic carbocycles. The number of carbonyl (C=O) groups excluding carboxylic acids is 2. The highest BCUT2D eigenvalue weighted by molar-refractivity contribution is 14.1. The average Bonchev–Trinajstić information content (AvgIpc) is 3.52. The van der Waals surface area contributed by atoms with Crippen LogP contribution in [0.5, 0.6) is 11.5 Å². The Morgan fingerprint density at radius 3 is 2.56 bits per heavy atom. The van der Waals surface area contributed by atoms with Crippen LogP contribution in [0.1, 0.15) is 29.5 Å². The van der Waals surface area contributed by atoms with Crippen LogP contribution in [0, 0.1) is 16.4 Å². The molecule has 2 amide bonds. The second kappa shape index (κ2) is 14.5. The molecule has 1 saturated heterocycles. The van der Waals surface area contributed by atoms with Crippen molar-refractivity contribution < 1.29 is 39.1 Å². The fourth-order valence-electron chi connectivity index (χ4n) is 5.11. The number of ether oxygens (including phenoxy) is 3. The van der Waals surface area contributed by atoms with Crippen LogP contribution >= 0.6 is 22.6 Å². The molecule has 4 rings (SSSR count). The van der Waals surface area contributed by atoms with Gasteiger partial charge in [0.1, 0.15) is 12.2 Å². The lowest BCUT2D eigenvalue weighted by Crippen LogP contribution is -2.56. The first-order valence-corrected chi connectivity index (χ1v) is 14.7. The number of aryl methyl sites for hydroxylation is 1. The summed E-state index contributed by atoms with van der Waals surface area (Å²) in [4.78, 5) is 28.7. The third kappa shape index (κ3) is 7.58. The van der Waals surface area contributed by atoms with Gasteiger partial charge < -0.3 is 39.7 Å². The van der Waals surface area contributed by atoms with Crippen LogP contribution in [0.25, 0.3) is 0 Å². The summed E-state index contributed by atoms with van der Waals surface area (Å²) < 4.78 is 18.0. The fraction of sp³-hybridized carbons (Fsp3) is 0.467. The number of aliphatic hydroxyl groups excluding tert-OH is 3. The molecule has 222 valence electrons. The second-order valence-electron chi connectivity index (χ2n) is 10.3. The molecular formula is C30H37IN2O8. The molecule has 0 aromatic heterocycles. The average molecular weight is 681 g/mol. The van der Waals surface area contributed by atoms with E-state index in [4.69, 9.17) is 14.2 Å². The maximum absolute atomic E-state index is 13.9. The van der Waals surface area contributed by atoms with Gasteiger partial charge in [-0.25, -0.2) is 0 Å². The Morgan fingerprint density at radius 1 is 1.17 bits per heavy atom.